The number of carbonyl (C=O) groups excluding carboxylic acids is 1. The van der Waals surface area contributed by atoms with Gasteiger partial charge in [0.05, 0.1) is 11.7 Å². The number of nitrogens with one attached hydrogen (secondary N) is 1. The number of pyridine rings is 1. The van der Waals surface area contributed by atoms with Gasteiger partial charge < -0.3 is 10.2 Å². The molecule has 0 unspecified atom stereocenters. The van der Waals surface area contributed by atoms with Crippen molar-refractivity contribution in [2.45, 2.75) is 32.2 Å². The van der Waals surface area contributed by atoms with Gasteiger partial charge in [0.1, 0.15) is 5.82 Å². The Morgan fingerprint density at radius 1 is 1.52 bits per heavy atom. The molecule has 0 aromatic carbocycles. The summed E-state index contributed by atoms with van der Waals surface area (Å²) in [6.45, 7) is 2.75. The zero-order chi connectivity index (χ0) is 14.7. The average molecular weight is 302 g/mol. The monoisotopic (exact) mass is 302 g/mol. The predicted octanol–water partition coefficient (Wildman–Crippen LogP) is 3.36. The zero-order valence-electron chi connectivity index (χ0n) is 12.0. The molecule has 0 spiro atoms. The lowest BCUT2D eigenvalue weighted by Gasteiger charge is -2.22. The van der Waals surface area contributed by atoms with Gasteiger partial charge in [-0.1, -0.05) is 13.0 Å². The van der Waals surface area contributed by atoms with Gasteiger partial charge in [-0.05, 0) is 25.0 Å². The third kappa shape index (κ3) is 3.05. The SMILES string of the molecule is CCC(=O)N1CCC[C@@H]1c1csc(Nc2ccccn2)n1. The van der Waals surface area contributed by atoms with Crippen molar-refractivity contribution in [1.29, 1.82) is 0 Å². The summed E-state index contributed by atoms with van der Waals surface area (Å²) in [4.78, 5) is 22.8. The van der Waals surface area contributed by atoms with Crippen LogP contribution in [-0.2, 0) is 4.79 Å². The molecule has 2 aromatic heterocycles. The smallest absolute Gasteiger partial charge is 0.222 e. The molecule has 1 N–H and O–H groups in total. The third-order valence-electron chi connectivity index (χ3n) is 3.64. The summed E-state index contributed by atoms with van der Waals surface area (Å²) < 4.78 is 0. The highest BCUT2D eigenvalue weighted by Gasteiger charge is 2.30. The second kappa shape index (κ2) is 6.22. The number of likely N-dealkylation sites (tertiary alicyclic amines) is 1. The Labute approximate surface area is 128 Å². The van der Waals surface area contributed by atoms with E-state index in [1.54, 1.807) is 17.5 Å². The van der Waals surface area contributed by atoms with Gasteiger partial charge in [-0.15, -0.1) is 11.3 Å². The maximum atomic E-state index is 12.0. The number of nitrogens with zero attached hydrogens (tertiary/aromatic N) is 3. The van der Waals surface area contributed by atoms with Gasteiger partial charge in [0.15, 0.2) is 5.13 Å². The first-order chi connectivity index (χ1) is 10.3. The van der Waals surface area contributed by atoms with Crippen LogP contribution in [0, 0.1) is 0 Å². The molecule has 2 aromatic rings. The van der Waals surface area contributed by atoms with Crippen LogP contribution in [0.3, 0.4) is 0 Å². The highest BCUT2D eigenvalue weighted by molar-refractivity contribution is 7.13. The lowest BCUT2D eigenvalue weighted by Crippen LogP contribution is -2.29. The van der Waals surface area contributed by atoms with E-state index in [1.807, 2.05) is 35.4 Å². The van der Waals surface area contributed by atoms with E-state index in [-0.39, 0.29) is 11.9 Å². The van der Waals surface area contributed by atoms with Crippen LogP contribution in [0.25, 0.3) is 0 Å². The molecule has 5 nitrogen and oxygen atoms in total. The first kappa shape index (κ1) is 14.0. The zero-order valence-corrected chi connectivity index (χ0v) is 12.8. The van der Waals surface area contributed by atoms with E-state index in [0.29, 0.717) is 6.42 Å². The van der Waals surface area contributed by atoms with Crippen LogP contribution in [0.2, 0.25) is 0 Å². The number of anilines is 2. The van der Waals surface area contributed by atoms with Gasteiger partial charge in [0.25, 0.3) is 0 Å². The molecule has 0 radical (unpaired) electrons. The topological polar surface area (TPSA) is 58.1 Å². The molecule has 0 saturated carbocycles. The van der Waals surface area contributed by atoms with E-state index in [0.717, 1.165) is 36.0 Å². The summed E-state index contributed by atoms with van der Waals surface area (Å²) >= 11 is 1.55. The number of aromatic nitrogens is 2. The minimum Gasteiger partial charge on any atom is -0.334 e. The fourth-order valence-corrected chi connectivity index (χ4v) is 3.38. The van der Waals surface area contributed by atoms with Gasteiger partial charge in [0, 0.05) is 24.5 Å². The standard InChI is InChI=1S/C15H18N4OS/c1-2-14(20)19-9-5-6-12(19)11-10-21-15(17-11)18-13-7-3-4-8-16-13/h3-4,7-8,10,12H,2,5-6,9H2,1H3,(H,16,17,18)/t12-/m1/s1. The molecule has 110 valence electrons. The number of carbonyl (C=O) groups is 1. The van der Waals surface area contributed by atoms with Crippen molar-refractivity contribution in [1.82, 2.24) is 14.9 Å². The molecule has 1 aliphatic rings. The molecule has 0 aliphatic carbocycles. The molecule has 3 heterocycles. The van der Waals surface area contributed by atoms with E-state index >= 15 is 0 Å². The average Bonchev–Trinajstić information content (AvgIpc) is 3.16. The maximum absolute atomic E-state index is 12.0. The number of amides is 1. The van der Waals surface area contributed by atoms with Crippen LogP contribution in [0.1, 0.15) is 37.9 Å². The van der Waals surface area contributed by atoms with Gasteiger partial charge in [-0.3, -0.25) is 4.79 Å². The third-order valence-corrected chi connectivity index (χ3v) is 4.41. The van der Waals surface area contributed by atoms with E-state index < -0.39 is 0 Å². The Kier molecular flexibility index (Phi) is 4.15. The Balaban J connectivity index is 1.74. The maximum Gasteiger partial charge on any atom is 0.222 e. The Morgan fingerprint density at radius 2 is 2.43 bits per heavy atom. The number of hydrogen-bond donors (Lipinski definition) is 1. The molecule has 21 heavy (non-hydrogen) atoms. The first-order valence-corrected chi connectivity index (χ1v) is 8.09. The van der Waals surface area contributed by atoms with Crippen LogP contribution in [0.5, 0.6) is 0 Å². The summed E-state index contributed by atoms with van der Waals surface area (Å²) in [5.74, 6) is 0.996. The van der Waals surface area contributed by atoms with Gasteiger partial charge in [-0.25, -0.2) is 9.97 Å². The van der Waals surface area contributed by atoms with Crippen LogP contribution < -0.4 is 5.32 Å². The summed E-state index contributed by atoms with van der Waals surface area (Å²) in [5, 5.41) is 6.06. The van der Waals surface area contributed by atoms with Crippen molar-refractivity contribution in [3.63, 3.8) is 0 Å². The number of rotatable bonds is 4. The second-order valence-electron chi connectivity index (χ2n) is 5.02. The van der Waals surface area contributed by atoms with Crippen molar-refractivity contribution in [2.24, 2.45) is 0 Å². The highest BCUT2D eigenvalue weighted by atomic mass is 32.1. The van der Waals surface area contributed by atoms with Crippen LogP contribution >= 0.6 is 11.3 Å². The fourth-order valence-electron chi connectivity index (χ4n) is 2.62. The quantitative estimate of drug-likeness (QED) is 0.941. The molecule has 1 aliphatic heterocycles. The van der Waals surface area contributed by atoms with Gasteiger partial charge in [-0.2, -0.15) is 0 Å². The second-order valence-corrected chi connectivity index (χ2v) is 5.87. The molecular weight excluding hydrogens is 284 g/mol. The fraction of sp³-hybridized carbons (Fsp3) is 0.400. The van der Waals surface area contributed by atoms with Crippen molar-refractivity contribution in [2.75, 3.05) is 11.9 Å². The normalized spacial score (nSPS) is 18.0. The molecule has 1 atom stereocenters. The molecule has 6 heteroatoms. The highest BCUT2D eigenvalue weighted by Crippen LogP contribution is 2.34. The van der Waals surface area contributed by atoms with Crippen molar-refractivity contribution < 1.29 is 4.79 Å². The van der Waals surface area contributed by atoms with Gasteiger partial charge in [0.2, 0.25) is 5.91 Å². The lowest BCUT2D eigenvalue weighted by molar-refractivity contribution is -0.131. The molecule has 1 amide bonds. The van der Waals surface area contributed by atoms with Crippen LogP contribution in [0.4, 0.5) is 10.9 Å². The van der Waals surface area contributed by atoms with E-state index in [4.69, 9.17) is 0 Å². The summed E-state index contributed by atoms with van der Waals surface area (Å²) in [6.07, 6.45) is 4.35. The molecule has 0 bridgehead atoms. The Bertz CT molecular complexity index is 613. The molecule has 3 rings (SSSR count). The van der Waals surface area contributed by atoms with E-state index in [9.17, 15) is 4.79 Å². The van der Waals surface area contributed by atoms with Crippen molar-refractivity contribution in [3.8, 4) is 0 Å². The first-order valence-electron chi connectivity index (χ1n) is 7.21. The summed E-state index contributed by atoms with van der Waals surface area (Å²) in [7, 11) is 0. The Hall–Kier alpha value is -1.95. The van der Waals surface area contributed by atoms with Crippen LogP contribution in [-0.4, -0.2) is 27.3 Å². The lowest BCUT2D eigenvalue weighted by atomic mass is 10.1. The van der Waals surface area contributed by atoms with Crippen molar-refractivity contribution in [3.05, 3.63) is 35.5 Å². The van der Waals surface area contributed by atoms with Crippen molar-refractivity contribution >= 4 is 28.2 Å². The molecule has 1 saturated heterocycles. The summed E-state index contributed by atoms with van der Waals surface area (Å²) in [5.41, 5.74) is 0.984. The minimum absolute atomic E-state index is 0.132. The van der Waals surface area contributed by atoms with Gasteiger partial charge >= 0.3 is 0 Å². The Morgan fingerprint density at radius 3 is 3.19 bits per heavy atom. The minimum atomic E-state index is 0.132. The van der Waals surface area contributed by atoms with Crippen LogP contribution in [0.15, 0.2) is 29.8 Å². The number of hydrogen-bond acceptors (Lipinski definition) is 5. The molecular formula is C15H18N4OS. The summed E-state index contributed by atoms with van der Waals surface area (Å²) in [6, 6.07) is 5.85. The number of thiazole rings is 1. The largest absolute Gasteiger partial charge is 0.334 e. The molecule has 1 fully saturated rings. The van der Waals surface area contributed by atoms with E-state index in [2.05, 4.69) is 15.3 Å². The van der Waals surface area contributed by atoms with E-state index in [1.165, 1.54) is 0 Å². The predicted molar refractivity (Wildman–Crippen MR) is 83.6 cm³/mol.